The Hall–Kier alpha value is -1.89. The highest BCUT2D eigenvalue weighted by atomic mass is 16.5. The number of aromatic nitrogens is 2. The summed E-state index contributed by atoms with van der Waals surface area (Å²) in [6.45, 7) is 1.39. The van der Waals surface area contributed by atoms with Gasteiger partial charge in [-0.15, -0.1) is 0 Å². The van der Waals surface area contributed by atoms with Crippen LogP contribution in [-0.2, 0) is 14.3 Å². The molecule has 0 aromatic carbocycles. The fourth-order valence-electron chi connectivity index (χ4n) is 1.73. The highest BCUT2D eigenvalue weighted by molar-refractivity contribution is 5.80. The highest BCUT2D eigenvalue weighted by Gasteiger charge is 2.31. The van der Waals surface area contributed by atoms with E-state index in [1.807, 2.05) is 4.90 Å². The van der Waals surface area contributed by atoms with Gasteiger partial charge >= 0.3 is 5.97 Å². The number of hydrogen-bond acceptors (Lipinski definition) is 7. The molecule has 0 radical (unpaired) electrons. The van der Waals surface area contributed by atoms with E-state index in [9.17, 15) is 4.79 Å². The number of carbonyl (C=O) groups is 1. The third-order valence-electron chi connectivity index (χ3n) is 2.56. The van der Waals surface area contributed by atoms with Crippen molar-refractivity contribution in [2.75, 3.05) is 37.5 Å². The zero-order valence-electron chi connectivity index (χ0n) is 9.50. The molecule has 92 valence electrons. The summed E-state index contributed by atoms with van der Waals surface area (Å²) in [5, 5.41) is 0. The Morgan fingerprint density at radius 3 is 3.24 bits per heavy atom. The summed E-state index contributed by atoms with van der Waals surface area (Å²) in [5.74, 6) is 0.440. The Labute approximate surface area is 98.5 Å². The van der Waals surface area contributed by atoms with Crippen LogP contribution in [0.4, 0.5) is 11.8 Å². The van der Waals surface area contributed by atoms with E-state index in [0.717, 1.165) is 0 Å². The number of methoxy groups -OCH3 is 1. The van der Waals surface area contributed by atoms with E-state index in [2.05, 4.69) is 9.97 Å². The van der Waals surface area contributed by atoms with Crippen LogP contribution in [-0.4, -0.2) is 48.8 Å². The molecule has 1 saturated heterocycles. The van der Waals surface area contributed by atoms with E-state index in [1.165, 1.54) is 7.11 Å². The largest absolute Gasteiger partial charge is 0.467 e. The van der Waals surface area contributed by atoms with Crippen LogP contribution in [0.1, 0.15) is 0 Å². The summed E-state index contributed by atoms with van der Waals surface area (Å²) in [6.07, 6.45) is 1.56. The molecular formula is C10H14N4O3. The molecule has 7 heteroatoms. The minimum Gasteiger partial charge on any atom is -0.467 e. The summed E-state index contributed by atoms with van der Waals surface area (Å²) in [4.78, 5) is 21.3. The highest BCUT2D eigenvalue weighted by Crippen LogP contribution is 2.18. The van der Waals surface area contributed by atoms with Crippen LogP contribution < -0.4 is 10.6 Å². The molecule has 1 aromatic rings. The molecule has 2 heterocycles. The standard InChI is InChI=1S/C10H14N4O3/c1-16-9(15)7-6-17-5-4-14(7)8-2-3-12-10(11)13-8/h2-3,7H,4-6H2,1H3,(H2,11,12,13). The summed E-state index contributed by atoms with van der Waals surface area (Å²) in [5.41, 5.74) is 5.52. The molecule has 2 rings (SSSR count). The monoisotopic (exact) mass is 238 g/mol. The zero-order valence-corrected chi connectivity index (χ0v) is 9.50. The van der Waals surface area contributed by atoms with Crippen LogP contribution in [0.15, 0.2) is 12.3 Å². The quantitative estimate of drug-likeness (QED) is 0.690. The second-order valence-electron chi connectivity index (χ2n) is 3.58. The Kier molecular flexibility index (Phi) is 3.38. The lowest BCUT2D eigenvalue weighted by Gasteiger charge is -2.34. The van der Waals surface area contributed by atoms with Crippen LogP contribution in [0, 0.1) is 0 Å². The number of nitrogens with zero attached hydrogens (tertiary/aromatic N) is 3. The van der Waals surface area contributed by atoms with Crippen molar-refractivity contribution in [1.29, 1.82) is 0 Å². The molecule has 0 amide bonds. The van der Waals surface area contributed by atoms with Crippen molar-refractivity contribution >= 4 is 17.7 Å². The third-order valence-corrected chi connectivity index (χ3v) is 2.56. The number of morpholine rings is 1. The van der Waals surface area contributed by atoms with Gasteiger partial charge < -0.3 is 20.1 Å². The topological polar surface area (TPSA) is 90.6 Å². The van der Waals surface area contributed by atoms with Crippen molar-refractivity contribution in [1.82, 2.24) is 9.97 Å². The summed E-state index contributed by atoms with van der Waals surface area (Å²) >= 11 is 0. The van der Waals surface area contributed by atoms with Gasteiger partial charge in [0.15, 0.2) is 6.04 Å². The van der Waals surface area contributed by atoms with E-state index in [-0.39, 0.29) is 18.5 Å². The molecule has 0 spiro atoms. The Bertz CT molecular complexity index is 412. The Morgan fingerprint density at radius 1 is 1.71 bits per heavy atom. The molecule has 0 aliphatic carbocycles. The number of esters is 1. The van der Waals surface area contributed by atoms with Crippen molar-refractivity contribution in [2.24, 2.45) is 0 Å². The van der Waals surface area contributed by atoms with Gasteiger partial charge in [0.05, 0.1) is 20.3 Å². The van der Waals surface area contributed by atoms with Gasteiger partial charge in [0.25, 0.3) is 0 Å². The van der Waals surface area contributed by atoms with Crippen molar-refractivity contribution in [3.05, 3.63) is 12.3 Å². The van der Waals surface area contributed by atoms with E-state index in [1.54, 1.807) is 12.3 Å². The fourth-order valence-corrected chi connectivity index (χ4v) is 1.73. The minimum atomic E-state index is -0.483. The average Bonchev–Trinajstić information content (AvgIpc) is 2.38. The first-order valence-corrected chi connectivity index (χ1v) is 5.23. The van der Waals surface area contributed by atoms with Crippen LogP contribution in [0.3, 0.4) is 0 Å². The number of nitrogens with two attached hydrogens (primary N) is 1. The Morgan fingerprint density at radius 2 is 2.53 bits per heavy atom. The molecule has 1 unspecified atom stereocenters. The van der Waals surface area contributed by atoms with Gasteiger partial charge in [-0.1, -0.05) is 0 Å². The lowest BCUT2D eigenvalue weighted by atomic mass is 10.2. The molecular weight excluding hydrogens is 224 g/mol. The molecule has 1 aliphatic heterocycles. The van der Waals surface area contributed by atoms with Crippen molar-refractivity contribution in [3.8, 4) is 0 Å². The van der Waals surface area contributed by atoms with Crippen LogP contribution >= 0.6 is 0 Å². The molecule has 0 bridgehead atoms. The van der Waals surface area contributed by atoms with Gasteiger partial charge in [-0.25, -0.2) is 9.78 Å². The number of anilines is 2. The SMILES string of the molecule is COC(=O)C1COCCN1c1ccnc(N)n1. The zero-order chi connectivity index (χ0) is 12.3. The predicted octanol–water partition coefficient (Wildman–Crippen LogP) is -0.563. The maximum atomic E-state index is 11.6. The first-order chi connectivity index (χ1) is 8.22. The second-order valence-corrected chi connectivity index (χ2v) is 3.58. The first-order valence-electron chi connectivity index (χ1n) is 5.23. The molecule has 1 aromatic heterocycles. The minimum absolute atomic E-state index is 0.178. The number of nitrogen functional groups attached to an aromatic ring is 1. The van der Waals surface area contributed by atoms with E-state index in [0.29, 0.717) is 19.0 Å². The van der Waals surface area contributed by atoms with Crippen molar-refractivity contribution in [2.45, 2.75) is 6.04 Å². The average molecular weight is 238 g/mol. The molecule has 7 nitrogen and oxygen atoms in total. The number of rotatable bonds is 2. The van der Waals surface area contributed by atoms with Gasteiger partial charge in [-0.2, -0.15) is 4.98 Å². The van der Waals surface area contributed by atoms with Gasteiger partial charge in [-0.3, -0.25) is 0 Å². The molecule has 17 heavy (non-hydrogen) atoms. The molecule has 1 atom stereocenters. The molecule has 1 fully saturated rings. The third kappa shape index (κ3) is 2.44. The maximum absolute atomic E-state index is 11.6. The van der Waals surface area contributed by atoms with Gasteiger partial charge in [0.1, 0.15) is 5.82 Å². The molecule has 1 aliphatic rings. The number of hydrogen-bond donors (Lipinski definition) is 1. The number of ether oxygens (including phenoxy) is 2. The van der Waals surface area contributed by atoms with E-state index < -0.39 is 6.04 Å². The second kappa shape index (κ2) is 4.96. The lowest BCUT2D eigenvalue weighted by molar-refractivity contribution is -0.144. The summed E-state index contributed by atoms with van der Waals surface area (Å²) < 4.78 is 10.0. The van der Waals surface area contributed by atoms with Crippen LogP contribution in [0.5, 0.6) is 0 Å². The van der Waals surface area contributed by atoms with Gasteiger partial charge in [-0.05, 0) is 6.07 Å². The fraction of sp³-hybridized carbons (Fsp3) is 0.500. The van der Waals surface area contributed by atoms with Gasteiger partial charge in [0, 0.05) is 12.7 Å². The van der Waals surface area contributed by atoms with E-state index in [4.69, 9.17) is 15.2 Å². The first kappa shape index (κ1) is 11.6. The van der Waals surface area contributed by atoms with E-state index >= 15 is 0 Å². The van der Waals surface area contributed by atoms with Crippen molar-refractivity contribution < 1.29 is 14.3 Å². The van der Waals surface area contributed by atoms with Crippen molar-refractivity contribution in [3.63, 3.8) is 0 Å². The smallest absolute Gasteiger partial charge is 0.330 e. The normalized spacial score (nSPS) is 20.1. The maximum Gasteiger partial charge on any atom is 0.330 e. The number of carbonyl (C=O) groups excluding carboxylic acids is 1. The summed E-state index contributed by atoms with van der Waals surface area (Å²) in [6, 6.07) is 1.22. The predicted molar refractivity (Wildman–Crippen MR) is 60.4 cm³/mol. The van der Waals surface area contributed by atoms with Crippen LogP contribution in [0.2, 0.25) is 0 Å². The molecule has 0 saturated carbocycles. The lowest BCUT2D eigenvalue weighted by Crippen LogP contribution is -2.51. The van der Waals surface area contributed by atoms with Crippen LogP contribution in [0.25, 0.3) is 0 Å². The Balaban J connectivity index is 2.24. The van der Waals surface area contributed by atoms with Gasteiger partial charge in [0.2, 0.25) is 5.95 Å². The summed E-state index contributed by atoms with van der Waals surface area (Å²) in [7, 11) is 1.35. The molecule has 2 N–H and O–H groups in total.